The van der Waals surface area contributed by atoms with Crippen LogP contribution < -0.4 is 5.69 Å². The highest BCUT2D eigenvalue weighted by Gasteiger charge is 2.30. The van der Waals surface area contributed by atoms with E-state index in [-0.39, 0.29) is 11.9 Å². The predicted molar refractivity (Wildman–Crippen MR) is 77.7 cm³/mol. The third-order valence-corrected chi connectivity index (χ3v) is 4.24. The molecule has 19 heavy (non-hydrogen) atoms. The van der Waals surface area contributed by atoms with Gasteiger partial charge in [0.05, 0.1) is 22.2 Å². The minimum Gasteiger partial charge on any atom is -0.304 e. The summed E-state index contributed by atoms with van der Waals surface area (Å²) in [6.45, 7) is 5.39. The van der Waals surface area contributed by atoms with Crippen LogP contribution in [0.1, 0.15) is 32.9 Å². The van der Waals surface area contributed by atoms with Crippen molar-refractivity contribution in [1.82, 2.24) is 14.5 Å². The maximum absolute atomic E-state index is 12.3. The van der Waals surface area contributed by atoms with Crippen LogP contribution in [0.4, 0.5) is 0 Å². The Balaban J connectivity index is 2.17. The van der Waals surface area contributed by atoms with Crippen molar-refractivity contribution in [2.75, 3.05) is 6.54 Å². The Morgan fingerprint density at radius 3 is 2.95 bits per heavy atom. The van der Waals surface area contributed by atoms with Gasteiger partial charge in [-0.2, -0.15) is 0 Å². The molecule has 3 rings (SSSR count). The zero-order chi connectivity index (χ0) is 13.6. The topological polar surface area (TPSA) is 41.0 Å². The molecule has 2 aromatic rings. The number of aromatic nitrogens is 2. The van der Waals surface area contributed by atoms with Gasteiger partial charge in [0.2, 0.25) is 0 Å². The Morgan fingerprint density at radius 1 is 1.42 bits per heavy atom. The fourth-order valence-corrected chi connectivity index (χ4v) is 3.28. The zero-order valence-electron chi connectivity index (χ0n) is 11.2. The van der Waals surface area contributed by atoms with Crippen LogP contribution in [0.2, 0.25) is 5.02 Å². The van der Waals surface area contributed by atoms with E-state index < -0.39 is 0 Å². The third-order valence-electron chi connectivity index (χ3n) is 3.92. The van der Waals surface area contributed by atoms with Crippen LogP contribution in [0.15, 0.2) is 23.0 Å². The first-order valence-corrected chi connectivity index (χ1v) is 7.12. The molecule has 1 unspecified atom stereocenters. The van der Waals surface area contributed by atoms with Crippen molar-refractivity contribution < 1.29 is 0 Å². The van der Waals surface area contributed by atoms with Crippen molar-refractivity contribution in [2.45, 2.75) is 38.9 Å². The Bertz CT molecular complexity index is 658. The van der Waals surface area contributed by atoms with Gasteiger partial charge < -0.3 is 4.98 Å². The Labute approximate surface area is 117 Å². The minimum absolute atomic E-state index is 0.0688. The van der Waals surface area contributed by atoms with Crippen LogP contribution in [-0.2, 0) is 0 Å². The minimum atomic E-state index is -0.0688. The fraction of sp³-hybridized carbons (Fsp3) is 0.500. The van der Waals surface area contributed by atoms with E-state index in [1.807, 2.05) is 16.7 Å². The standard InChI is InChI=1S/C14H18ClN3O/c1-9(2)17-8-4-7-12(17)18-11-6-3-5-10(15)13(11)16-14(18)19/h3,5-6,9,12H,4,7-8H2,1-2H3,(H,16,19). The lowest BCUT2D eigenvalue weighted by molar-refractivity contribution is 0.152. The van der Waals surface area contributed by atoms with Crippen LogP contribution in [0.3, 0.4) is 0 Å². The SMILES string of the molecule is CC(C)N1CCCC1n1c(=O)[nH]c2c(Cl)cccc21. The highest BCUT2D eigenvalue weighted by Crippen LogP contribution is 2.31. The molecule has 1 atom stereocenters. The van der Waals surface area contributed by atoms with Gasteiger partial charge in [-0.25, -0.2) is 4.79 Å². The first-order chi connectivity index (χ1) is 9.09. The number of rotatable bonds is 2. The van der Waals surface area contributed by atoms with E-state index in [0.717, 1.165) is 30.4 Å². The largest absolute Gasteiger partial charge is 0.327 e. The summed E-state index contributed by atoms with van der Waals surface area (Å²) < 4.78 is 1.86. The molecule has 1 aromatic heterocycles. The number of nitrogens with one attached hydrogen (secondary N) is 1. The molecule has 0 radical (unpaired) electrons. The van der Waals surface area contributed by atoms with Crippen molar-refractivity contribution >= 4 is 22.6 Å². The molecule has 1 aliphatic heterocycles. The average molecular weight is 280 g/mol. The summed E-state index contributed by atoms with van der Waals surface area (Å²) in [5, 5.41) is 0.599. The number of benzene rings is 1. The van der Waals surface area contributed by atoms with Crippen LogP contribution in [-0.4, -0.2) is 27.0 Å². The maximum Gasteiger partial charge on any atom is 0.327 e. The number of imidazole rings is 1. The molecular formula is C14H18ClN3O. The first-order valence-electron chi connectivity index (χ1n) is 6.74. The molecule has 1 fully saturated rings. The second kappa shape index (κ2) is 4.69. The zero-order valence-corrected chi connectivity index (χ0v) is 11.9. The maximum atomic E-state index is 12.3. The highest BCUT2D eigenvalue weighted by molar-refractivity contribution is 6.34. The number of aromatic amines is 1. The van der Waals surface area contributed by atoms with E-state index in [2.05, 4.69) is 23.7 Å². The summed E-state index contributed by atoms with van der Waals surface area (Å²) in [6.07, 6.45) is 2.28. The normalized spacial score (nSPS) is 20.7. The van der Waals surface area contributed by atoms with E-state index >= 15 is 0 Å². The third kappa shape index (κ3) is 1.99. The van der Waals surface area contributed by atoms with Gasteiger partial charge in [-0.15, -0.1) is 0 Å². The number of hydrogen-bond acceptors (Lipinski definition) is 2. The average Bonchev–Trinajstić information content (AvgIpc) is 2.93. The monoisotopic (exact) mass is 279 g/mol. The van der Waals surface area contributed by atoms with Crippen molar-refractivity contribution in [1.29, 1.82) is 0 Å². The molecule has 102 valence electrons. The van der Waals surface area contributed by atoms with Gasteiger partial charge in [0, 0.05) is 12.6 Å². The summed E-state index contributed by atoms with van der Waals surface area (Å²) in [6, 6.07) is 6.08. The molecule has 1 aromatic carbocycles. The Morgan fingerprint density at radius 2 is 2.21 bits per heavy atom. The molecule has 1 aliphatic rings. The van der Waals surface area contributed by atoms with Gasteiger partial charge in [0.1, 0.15) is 0 Å². The van der Waals surface area contributed by atoms with Crippen LogP contribution >= 0.6 is 11.6 Å². The van der Waals surface area contributed by atoms with Crippen LogP contribution in [0.5, 0.6) is 0 Å². The van der Waals surface area contributed by atoms with E-state index in [1.54, 1.807) is 6.07 Å². The molecule has 1 N–H and O–H groups in total. The summed E-state index contributed by atoms with van der Waals surface area (Å²) in [5.41, 5.74) is 1.57. The van der Waals surface area contributed by atoms with Gasteiger partial charge in [-0.05, 0) is 38.8 Å². The van der Waals surface area contributed by atoms with Crippen molar-refractivity contribution in [3.8, 4) is 0 Å². The van der Waals surface area contributed by atoms with E-state index in [1.165, 1.54) is 0 Å². The fourth-order valence-electron chi connectivity index (χ4n) is 3.06. The smallest absolute Gasteiger partial charge is 0.304 e. The molecule has 0 saturated carbocycles. The van der Waals surface area contributed by atoms with Gasteiger partial charge in [-0.1, -0.05) is 17.7 Å². The van der Waals surface area contributed by atoms with Crippen LogP contribution in [0, 0.1) is 0 Å². The Kier molecular flexibility index (Phi) is 3.15. The quantitative estimate of drug-likeness (QED) is 0.918. The number of halogens is 1. The second-order valence-electron chi connectivity index (χ2n) is 5.39. The summed E-state index contributed by atoms with van der Waals surface area (Å²) in [7, 11) is 0. The lowest BCUT2D eigenvalue weighted by atomic mass is 10.2. The van der Waals surface area contributed by atoms with Gasteiger partial charge in [-0.3, -0.25) is 9.47 Å². The number of hydrogen-bond donors (Lipinski definition) is 1. The lowest BCUT2D eigenvalue weighted by Crippen LogP contribution is -2.37. The number of H-pyrrole nitrogens is 1. The number of fused-ring (bicyclic) bond motifs is 1. The number of likely N-dealkylation sites (tertiary alicyclic amines) is 1. The molecular weight excluding hydrogens is 262 g/mol. The van der Waals surface area contributed by atoms with Crippen molar-refractivity contribution in [3.05, 3.63) is 33.7 Å². The molecule has 5 heteroatoms. The summed E-state index contributed by atoms with van der Waals surface area (Å²) in [5.74, 6) is 0. The molecule has 0 amide bonds. The molecule has 0 spiro atoms. The molecule has 0 aliphatic carbocycles. The van der Waals surface area contributed by atoms with Gasteiger partial charge in [0.25, 0.3) is 0 Å². The first kappa shape index (κ1) is 12.8. The molecule has 2 heterocycles. The molecule has 0 bridgehead atoms. The van der Waals surface area contributed by atoms with E-state index in [0.29, 0.717) is 11.1 Å². The Hall–Kier alpha value is -1.26. The van der Waals surface area contributed by atoms with Crippen molar-refractivity contribution in [3.63, 3.8) is 0 Å². The van der Waals surface area contributed by atoms with E-state index in [9.17, 15) is 4.79 Å². The highest BCUT2D eigenvalue weighted by atomic mass is 35.5. The summed E-state index contributed by atoms with van der Waals surface area (Å²) in [4.78, 5) is 17.5. The summed E-state index contributed by atoms with van der Waals surface area (Å²) >= 11 is 6.15. The molecule has 4 nitrogen and oxygen atoms in total. The lowest BCUT2D eigenvalue weighted by Gasteiger charge is -2.29. The number of nitrogens with zero attached hydrogens (tertiary/aromatic N) is 2. The van der Waals surface area contributed by atoms with Gasteiger partial charge in [0.15, 0.2) is 0 Å². The van der Waals surface area contributed by atoms with Crippen molar-refractivity contribution in [2.24, 2.45) is 0 Å². The van der Waals surface area contributed by atoms with Crippen LogP contribution in [0.25, 0.3) is 11.0 Å². The number of para-hydroxylation sites is 1. The van der Waals surface area contributed by atoms with Gasteiger partial charge >= 0.3 is 5.69 Å². The van der Waals surface area contributed by atoms with E-state index in [4.69, 9.17) is 11.6 Å². The molecule has 1 saturated heterocycles. The predicted octanol–water partition coefficient (Wildman–Crippen LogP) is 2.99. The second-order valence-corrected chi connectivity index (χ2v) is 5.80.